The largest absolute Gasteiger partial charge is 0.490 e. The second-order valence-corrected chi connectivity index (χ2v) is 11.0. The van der Waals surface area contributed by atoms with Gasteiger partial charge in [0.05, 0.1) is 15.5 Å². The first-order valence-electron chi connectivity index (χ1n) is 11.6. The van der Waals surface area contributed by atoms with Crippen LogP contribution in [0.4, 0.5) is 11.4 Å². The number of nitrogens with zero attached hydrogens (tertiary/aromatic N) is 2. The molecular formula is C28H26N2O5S2. The molecule has 0 bridgehead atoms. The number of non-ortho nitro benzene ring substituents is 1. The molecule has 1 aliphatic heterocycles. The first-order valence-corrected chi connectivity index (χ1v) is 12.8. The predicted molar refractivity (Wildman–Crippen MR) is 151 cm³/mol. The van der Waals surface area contributed by atoms with Crippen molar-refractivity contribution < 1.29 is 19.2 Å². The summed E-state index contributed by atoms with van der Waals surface area (Å²) in [6, 6.07) is 21.3. The Morgan fingerprint density at radius 1 is 1.00 bits per heavy atom. The third-order valence-corrected chi connectivity index (χ3v) is 6.93. The molecule has 9 heteroatoms. The lowest BCUT2D eigenvalue weighted by molar-refractivity contribution is -0.384. The van der Waals surface area contributed by atoms with Crippen LogP contribution in [0.2, 0.25) is 0 Å². The number of carbonyl (C=O) groups is 1. The Balaban J connectivity index is 1.42. The zero-order valence-electron chi connectivity index (χ0n) is 20.7. The average Bonchev–Trinajstić information content (AvgIpc) is 3.15. The highest BCUT2D eigenvalue weighted by molar-refractivity contribution is 8.27. The second kappa shape index (κ2) is 11.1. The van der Waals surface area contributed by atoms with Crippen molar-refractivity contribution >= 4 is 51.7 Å². The average molecular weight is 535 g/mol. The zero-order valence-corrected chi connectivity index (χ0v) is 22.3. The summed E-state index contributed by atoms with van der Waals surface area (Å²) in [6.07, 6.45) is 1.72. The molecule has 7 nitrogen and oxygen atoms in total. The number of thiocarbonyl (C=S) groups is 1. The third kappa shape index (κ3) is 6.36. The summed E-state index contributed by atoms with van der Waals surface area (Å²) in [5.41, 5.74) is 2.29. The molecule has 1 amide bonds. The van der Waals surface area contributed by atoms with Crippen molar-refractivity contribution in [2.75, 3.05) is 18.1 Å². The highest BCUT2D eigenvalue weighted by Gasteiger charge is 2.34. The lowest BCUT2D eigenvalue weighted by atomic mass is 9.87. The number of rotatable bonds is 8. The van der Waals surface area contributed by atoms with Gasteiger partial charge in [-0.25, -0.2) is 0 Å². The molecule has 0 saturated carbocycles. The molecule has 3 aromatic rings. The molecule has 37 heavy (non-hydrogen) atoms. The summed E-state index contributed by atoms with van der Waals surface area (Å²) >= 11 is 6.55. The molecule has 0 aliphatic carbocycles. The van der Waals surface area contributed by atoms with E-state index in [4.69, 9.17) is 21.7 Å². The van der Waals surface area contributed by atoms with E-state index in [1.54, 1.807) is 12.1 Å². The topological polar surface area (TPSA) is 81.9 Å². The summed E-state index contributed by atoms with van der Waals surface area (Å²) in [6.45, 7) is 7.18. The van der Waals surface area contributed by atoms with Gasteiger partial charge in [-0.05, 0) is 41.3 Å². The Kier molecular flexibility index (Phi) is 7.94. The number of nitro groups is 1. The quantitative estimate of drug-likeness (QED) is 0.104. The maximum Gasteiger partial charge on any atom is 0.271 e. The number of amides is 1. The number of benzene rings is 3. The number of hydrogen-bond acceptors (Lipinski definition) is 7. The number of hydrogen-bond donors (Lipinski definition) is 0. The maximum absolute atomic E-state index is 13.1. The Morgan fingerprint density at radius 2 is 1.70 bits per heavy atom. The third-order valence-electron chi connectivity index (χ3n) is 5.63. The van der Waals surface area contributed by atoms with Crippen molar-refractivity contribution in [2.24, 2.45) is 0 Å². The minimum absolute atomic E-state index is 0.0820. The molecule has 1 fully saturated rings. The van der Waals surface area contributed by atoms with Gasteiger partial charge in [-0.1, -0.05) is 81.1 Å². The molecule has 0 aromatic heterocycles. The van der Waals surface area contributed by atoms with Crippen LogP contribution in [0.15, 0.2) is 77.7 Å². The summed E-state index contributed by atoms with van der Waals surface area (Å²) in [7, 11) is 0. The van der Waals surface area contributed by atoms with Crippen LogP contribution in [0.3, 0.4) is 0 Å². The van der Waals surface area contributed by atoms with Crippen LogP contribution in [0, 0.1) is 10.1 Å². The van der Waals surface area contributed by atoms with Crippen LogP contribution in [0.5, 0.6) is 11.5 Å². The first kappa shape index (κ1) is 26.4. The minimum atomic E-state index is -0.505. The van der Waals surface area contributed by atoms with Crippen molar-refractivity contribution in [3.8, 4) is 11.5 Å². The van der Waals surface area contributed by atoms with E-state index in [0.29, 0.717) is 33.9 Å². The fourth-order valence-corrected chi connectivity index (χ4v) is 4.96. The Bertz CT molecular complexity index is 1360. The number of carbonyl (C=O) groups excluding carboxylic acids is 1. The molecule has 0 atom stereocenters. The normalized spacial score (nSPS) is 14.8. The SMILES string of the molecule is CC(C)(C)c1ccc(OCCOc2ccccc2/C=C2/SC(=S)N(c3cccc([N+](=O)[O-])c3)C2=O)cc1. The standard InChI is InChI=1S/C28H26N2O5S2/c1-28(2,3)20-11-13-23(14-12-20)34-15-16-35-24-10-5-4-7-19(24)17-25-26(31)29(27(36)37-25)21-8-6-9-22(18-21)30(32)33/h4-14,17-18H,15-16H2,1-3H3/b25-17+. The van der Waals surface area contributed by atoms with Crippen molar-refractivity contribution in [3.63, 3.8) is 0 Å². The van der Waals surface area contributed by atoms with Crippen molar-refractivity contribution in [1.29, 1.82) is 0 Å². The van der Waals surface area contributed by atoms with Gasteiger partial charge in [-0.2, -0.15) is 0 Å². The van der Waals surface area contributed by atoms with Crippen LogP contribution in [0.1, 0.15) is 31.9 Å². The van der Waals surface area contributed by atoms with Gasteiger partial charge >= 0.3 is 0 Å². The lowest BCUT2D eigenvalue weighted by Gasteiger charge is -2.19. The van der Waals surface area contributed by atoms with Crippen LogP contribution < -0.4 is 14.4 Å². The van der Waals surface area contributed by atoms with Gasteiger partial charge in [0.1, 0.15) is 24.7 Å². The van der Waals surface area contributed by atoms with Crippen LogP contribution in [-0.4, -0.2) is 28.4 Å². The minimum Gasteiger partial charge on any atom is -0.490 e. The fraction of sp³-hybridized carbons (Fsp3) is 0.214. The molecule has 1 saturated heterocycles. The van der Waals surface area contributed by atoms with Gasteiger partial charge in [0, 0.05) is 17.7 Å². The van der Waals surface area contributed by atoms with E-state index in [2.05, 4.69) is 32.9 Å². The van der Waals surface area contributed by atoms with Gasteiger partial charge in [-0.15, -0.1) is 0 Å². The van der Waals surface area contributed by atoms with E-state index in [0.717, 1.165) is 23.1 Å². The van der Waals surface area contributed by atoms with Crippen LogP contribution in [-0.2, 0) is 10.2 Å². The first-order chi connectivity index (χ1) is 17.6. The van der Waals surface area contributed by atoms with Crippen molar-refractivity contribution in [1.82, 2.24) is 0 Å². The zero-order chi connectivity index (χ0) is 26.6. The molecule has 3 aromatic carbocycles. The van der Waals surface area contributed by atoms with Gasteiger partial charge in [0.25, 0.3) is 11.6 Å². The monoisotopic (exact) mass is 534 g/mol. The highest BCUT2D eigenvalue weighted by atomic mass is 32.2. The van der Waals surface area contributed by atoms with Crippen molar-refractivity contribution in [3.05, 3.63) is 98.9 Å². The summed E-state index contributed by atoms with van der Waals surface area (Å²) in [5.74, 6) is 1.04. The van der Waals surface area contributed by atoms with Crippen LogP contribution in [0.25, 0.3) is 6.08 Å². The molecule has 1 aliphatic rings. The summed E-state index contributed by atoms with van der Waals surface area (Å²) < 4.78 is 12.1. The van der Waals surface area contributed by atoms with E-state index in [-0.39, 0.29) is 17.0 Å². The van der Waals surface area contributed by atoms with Gasteiger partial charge in [-0.3, -0.25) is 19.8 Å². The number of thioether (sulfide) groups is 1. The molecule has 4 rings (SSSR count). The van der Waals surface area contributed by atoms with E-state index in [1.165, 1.54) is 28.7 Å². The van der Waals surface area contributed by atoms with E-state index in [1.807, 2.05) is 36.4 Å². The number of nitro benzene ring substituents is 1. The molecule has 0 radical (unpaired) electrons. The summed E-state index contributed by atoms with van der Waals surface area (Å²) in [4.78, 5) is 25.5. The van der Waals surface area contributed by atoms with Gasteiger partial charge < -0.3 is 9.47 Å². The second-order valence-electron chi connectivity index (χ2n) is 9.30. The predicted octanol–water partition coefficient (Wildman–Crippen LogP) is 6.76. The van der Waals surface area contributed by atoms with Gasteiger partial charge in [0.2, 0.25) is 0 Å². The van der Waals surface area contributed by atoms with E-state index in [9.17, 15) is 14.9 Å². The molecule has 0 spiro atoms. The Labute approximate surface area is 225 Å². The fourth-order valence-electron chi connectivity index (χ4n) is 3.67. The van der Waals surface area contributed by atoms with Crippen LogP contribution >= 0.6 is 24.0 Å². The Hall–Kier alpha value is -3.69. The van der Waals surface area contributed by atoms with Gasteiger partial charge in [0.15, 0.2) is 4.32 Å². The highest BCUT2D eigenvalue weighted by Crippen LogP contribution is 2.38. The number of ether oxygens (including phenoxy) is 2. The molecule has 0 N–H and O–H groups in total. The smallest absolute Gasteiger partial charge is 0.271 e. The molecular weight excluding hydrogens is 508 g/mol. The van der Waals surface area contributed by atoms with E-state index < -0.39 is 4.92 Å². The number of anilines is 1. The van der Waals surface area contributed by atoms with E-state index >= 15 is 0 Å². The molecule has 190 valence electrons. The number of para-hydroxylation sites is 1. The maximum atomic E-state index is 13.1. The van der Waals surface area contributed by atoms with Crippen molar-refractivity contribution in [2.45, 2.75) is 26.2 Å². The molecule has 0 unspecified atom stereocenters. The molecule has 1 heterocycles. The summed E-state index contributed by atoms with van der Waals surface area (Å²) in [5, 5.41) is 11.1. The Morgan fingerprint density at radius 3 is 2.41 bits per heavy atom. The lowest BCUT2D eigenvalue weighted by Crippen LogP contribution is -2.27.